The van der Waals surface area contributed by atoms with E-state index < -0.39 is 18.0 Å². The number of thioether (sulfide) groups is 1. The number of urea groups is 1. The Balaban J connectivity index is 2.61. The van der Waals surface area contributed by atoms with E-state index in [4.69, 9.17) is 9.84 Å². The molecule has 1 aliphatic rings. The number of aliphatic imine (C=N–C) groups is 2. The Morgan fingerprint density at radius 3 is 2.71 bits per heavy atom. The summed E-state index contributed by atoms with van der Waals surface area (Å²) in [4.78, 5) is 39.6. The van der Waals surface area contributed by atoms with Gasteiger partial charge in [0.25, 0.3) is 0 Å². The van der Waals surface area contributed by atoms with Crippen molar-refractivity contribution in [3.63, 3.8) is 0 Å². The van der Waals surface area contributed by atoms with Gasteiger partial charge < -0.3 is 9.84 Å². The van der Waals surface area contributed by atoms with Crippen LogP contribution in [0.2, 0.25) is 0 Å². The Kier molecular flexibility index (Phi) is 4.83. The molecule has 1 heterocycles. The number of amides is 2. The quantitative estimate of drug-likeness (QED) is 0.690. The number of hydrogen-bond donors (Lipinski definition) is 1. The zero-order valence-electron chi connectivity index (χ0n) is 9.00. The first kappa shape index (κ1) is 13.4. The van der Waals surface area contributed by atoms with Gasteiger partial charge in [0.15, 0.2) is 5.71 Å². The topological polar surface area (TPSA) is 105 Å². The summed E-state index contributed by atoms with van der Waals surface area (Å²) >= 11 is 1.03. The summed E-state index contributed by atoms with van der Waals surface area (Å²) in [5.41, 5.74) is 0.0365. The molecule has 1 N–H and O–H groups in total. The molecule has 0 aromatic carbocycles. The van der Waals surface area contributed by atoms with Crippen LogP contribution in [-0.4, -0.2) is 52.6 Å². The van der Waals surface area contributed by atoms with Crippen LogP contribution in [0.15, 0.2) is 9.98 Å². The Labute approximate surface area is 101 Å². The van der Waals surface area contributed by atoms with E-state index in [0.717, 1.165) is 11.8 Å². The predicted octanol–water partition coefficient (Wildman–Crippen LogP) is 0.383. The van der Waals surface area contributed by atoms with Crippen molar-refractivity contribution < 1.29 is 24.2 Å². The molecule has 2 amide bonds. The summed E-state index contributed by atoms with van der Waals surface area (Å²) in [6.07, 6.45) is 0. The summed E-state index contributed by atoms with van der Waals surface area (Å²) in [7, 11) is 0. The molecule has 0 saturated carbocycles. The average Bonchev–Trinajstić information content (AvgIpc) is 2.59. The van der Waals surface area contributed by atoms with Gasteiger partial charge in [0.2, 0.25) is 0 Å². The first-order chi connectivity index (χ1) is 8.04. The zero-order valence-corrected chi connectivity index (χ0v) is 9.82. The van der Waals surface area contributed by atoms with Crippen LogP contribution < -0.4 is 0 Å². The van der Waals surface area contributed by atoms with Gasteiger partial charge in [0.1, 0.15) is 0 Å². The van der Waals surface area contributed by atoms with Crippen LogP contribution in [-0.2, 0) is 14.3 Å². The summed E-state index contributed by atoms with van der Waals surface area (Å²) in [5.74, 6) is -1.69. The largest absolute Gasteiger partial charge is 0.481 e. The minimum absolute atomic E-state index is 0.130. The Morgan fingerprint density at radius 1 is 1.41 bits per heavy atom. The van der Waals surface area contributed by atoms with Crippen molar-refractivity contribution in [1.82, 2.24) is 0 Å². The fourth-order valence-electron chi connectivity index (χ4n) is 1.05. The summed E-state index contributed by atoms with van der Waals surface area (Å²) in [6, 6.07) is -0.765. The predicted molar refractivity (Wildman–Crippen MR) is 61.9 cm³/mol. The summed E-state index contributed by atoms with van der Waals surface area (Å²) in [6.45, 7) is 1.80. The lowest BCUT2D eigenvalue weighted by Gasteiger charge is -2.03. The lowest BCUT2D eigenvalue weighted by Crippen LogP contribution is -2.26. The van der Waals surface area contributed by atoms with Crippen molar-refractivity contribution in [2.45, 2.75) is 6.92 Å². The second kappa shape index (κ2) is 6.14. The lowest BCUT2D eigenvalue weighted by molar-refractivity contribution is -0.135. The average molecular weight is 258 g/mol. The smallest absolute Gasteiger partial charge is 0.368 e. The SMILES string of the molecule is CCOC(=O)C1=NC(=O)N=C1CSCC(=O)O. The van der Waals surface area contributed by atoms with E-state index >= 15 is 0 Å². The van der Waals surface area contributed by atoms with Crippen molar-refractivity contribution in [2.24, 2.45) is 9.98 Å². The molecule has 0 fully saturated rings. The molecule has 0 unspecified atom stereocenters. The lowest BCUT2D eigenvalue weighted by atomic mass is 10.2. The van der Waals surface area contributed by atoms with E-state index in [9.17, 15) is 14.4 Å². The molecular weight excluding hydrogens is 248 g/mol. The monoisotopic (exact) mass is 258 g/mol. The van der Waals surface area contributed by atoms with Crippen LogP contribution in [0.5, 0.6) is 0 Å². The zero-order chi connectivity index (χ0) is 12.8. The van der Waals surface area contributed by atoms with E-state index in [1.807, 2.05) is 0 Å². The molecule has 0 saturated heterocycles. The number of esters is 1. The molecule has 92 valence electrons. The second-order valence-electron chi connectivity index (χ2n) is 2.91. The van der Waals surface area contributed by atoms with Gasteiger partial charge in [-0.2, -0.15) is 9.98 Å². The second-order valence-corrected chi connectivity index (χ2v) is 3.89. The third kappa shape index (κ3) is 3.99. The van der Waals surface area contributed by atoms with Crippen LogP contribution in [0.3, 0.4) is 0 Å². The molecule has 0 aliphatic carbocycles. The van der Waals surface area contributed by atoms with Gasteiger partial charge in [-0.15, -0.1) is 11.8 Å². The maximum Gasteiger partial charge on any atom is 0.368 e. The fraction of sp³-hybridized carbons (Fsp3) is 0.444. The molecule has 1 aliphatic heterocycles. The highest BCUT2D eigenvalue weighted by Gasteiger charge is 2.26. The standard InChI is InChI=1S/C9H10N2O5S/c1-2-16-8(14)7-5(10-9(15)11-7)3-17-4-6(12)13/h2-4H2,1H3,(H,12,13). The highest BCUT2D eigenvalue weighted by atomic mass is 32.2. The molecule has 1 rings (SSSR count). The van der Waals surface area contributed by atoms with Crippen LogP contribution in [0.25, 0.3) is 0 Å². The minimum atomic E-state index is -0.977. The number of carboxylic acid groups (broad SMARTS) is 1. The van der Waals surface area contributed by atoms with Crippen molar-refractivity contribution in [1.29, 1.82) is 0 Å². The molecule has 7 nitrogen and oxygen atoms in total. The van der Waals surface area contributed by atoms with Gasteiger partial charge in [0, 0.05) is 5.75 Å². The van der Waals surface area contributed by atoms with Gasteiger partial charge in [-0.1, -0.05) is 0 Å². The van der Waals surface area contributed by atoms with Gasteiger partial charge in [-0.3, -0.25) is 4.79 Å². The van der Waals surface area contributed by atoms with E-state index in [1.165, 1.54) is 0 Å². The van der Waals surface area contributed by atoms with Crippen molar-refractivity contribution >= 4 is 41.2 Å². The number of carbonyl (C=O) groups excluding carboxylic acids is 2. The maximum absolute atomic E-state index is 11.4. The number of ether oxygens (including phenoxy) is 1. The number of rotatable bonds is 6. The third-order valence-electron chi connectivity index (χ3n) is 1.64. The normalized spacial score (nSPS) is 14.3. The molecule has 8 heteroatoms. The van der Waals surface area contributed by atoms with E-state index in [2.05, 4.69) is 9.98 Å². The van der Waals surface area contributed by atoms with Gasteiger partial charge in [-0.25, -0.2) is 9.59 Å². The van der Waals surface area contributed by atoms with Crippen molar-refractivity contribution in [3.8, 4) is 0 Å². The highest BCUT2D eigenvalue weighted by molar-refractivity contribution is 8.00. The Hall–Kier alpha value is -1.70. The van der Waals surface area contributed by atoms with Crippen LogP contribution >= 0.6 is 11.8 Å². The van der Waals surface area contributed by atoms with Crippen LogP contribution in [0.1, 0.15) is 6.92 Å². The van der Waals surface area contributed by atoms with Crippen molar-refractivity contribution in [3.05, 3.63) is 0 Å². The molecule has 0 radical (unpaired) electrons. The van der Waals surface area contributed by atoms with E-state index in [1.54, 1.807) is 6.92 Å². The molecule has 0 aromatic rings. The number of aliphatic carboxylic acids is 1. The minimum Gasteiger partial charge on any atom is -0.481 e. The number of hydrogen-bond acceptors (Lipinski definition) is 5. The van der Waals surface area contributed by atoms with Gasteiger partial charge in [0.05, 0.1) is 18.1 Å². The number of carbonyl (C=O) groups is 3. The fourth-order valence-corrected chi connectivity index (χ4v) is 1.72. The summed E-state index contributed by atoms with van der Waals surface area (Å²) in [5, 5.41) is 8.45. The van der Waals surface area contributed by atoms with Crippen LogP contribution in [0, 0.1) is 0 Å². The molecule has 0 spiro atoms. The maximum atomic E-state index is 11.4. The number of nitrogens with zero attached hydrogens (tertiary/aromatic N) is 2. The Morgan fingerprint density at radius 2 is 2.12 bits per heavy atom. The molecular formula is C9H10N2O5S. The first-order valence-electron chi connectivity index (χ1n) is 4.71. The number of carboxylic acids is 1. The first-order valence-corrected chi connectivity index (χ1v) is 5.87. The van der Waals surface area contributed by atoms with Gasteiger partial charge in [-0.05, 0) is 6.92 Å². The van der Waals surface area contributed by atoms with E-state index in [-0.39, 0.29) is 29.5 Å². The van der Waals surface area contributed by atoms with Crippen LogP contribution in [0.4, 0.5) is 4.79 Å². The molecule has 0 aromatic heterocycles. The third-order valence-corrected chi connectivity index (χ3v) is 2.57. The highest BCUT2D eigenvalue weighted by Crippen LogP contribution is 2.08. The van der Waals surface area contributed by atoms with E-state index in [0.29, 0.717) is 0 Å². The molecule has 17 heavy (non-hydrogen) atoms. The summed E-state index contributed by atoms with van der Waals surface area (Å²) < 4.78 is 4.70. The molecule has 0 bridgehead atoms. The Bertz CT molecular complexity index is 416. The van der Waals surface area contributed by atoms with Gasteiger partial charge >= 0.3 is 18.0 Å². The molecule has 0 atom stereocenters. The van der Waals surface area contributed by atoms with Crippen molar-refractivity contribution in [2.75, 3.05) is 18.1 Å².